The lowest BCUT2D eigenvalue weighted by Gasteiger charge is -2.19. The van der Waals surface area contributed by atoms with Gasteiger partial charge in [0.2, 0.25) is 0 Å². The molecule has 0 spiro atoms. The van der Waals surface area contributed by atoms with Crippen LogP contribution in [0.1, 0.15) is 76.0 Å². The highest BCUT2D eigenvalue weighted by Gasteiger charge is 2.12. The van der Waals surface area contributed by atoms with Gasteiger partial charge < -0.3 is 0 Å². The first-order chi connectivity index (χ1) is 7.57. The van der Waals surface area contributed by atoms with Crippen LogP contribution in [-0.4, -0.2) is 0 Å². The van der Waals surface area contributed by atoms with Crippen molar-refractivity contribution in [1.29, 1.82) is 0 Å². The quantitative estimate of drug-likeness (QED) is 0.631. The van der Waals surface area contributed by atoms with Crippen LogP contribution < -0.4 is 0 Å². The SMILES string of the molecule is CCCCc1c(C(C)C)cccc1C(C)C. The molecule has 90 valence electrons. The molecule has 0 aromatic heterocycles. The van der Waals surface area contributed by atoms with Gasteiger partial charge in [0.25, 0.3) is 0 Å². The van der Waals surface area contributed by atoms with Crippen LogP contribution in [0.15, 0.2) is 18.2 Å². The van der Waals surface area contributed by atoms with E-state index in [1.807, 2.05) is 0 Å². The van der Waals surface area contributed by atoms with Crippen molar-refractivity contribution in [3.05, 3.63) is 34.9 Å². The van der Waals surface area contributed by atoms with E-state index in [4.69, 9.17) is 0 Å². The van der Waals surface area contributed by atoms with Crippen LogP contribution in [0.3, 0.4) is 0 Å². The summed E-state index contributed by atoms with van der Waals surface area (Å²) >= 11 is 0. The molecule has 0 bridgehead atoms. The number of hydrogen-bond acceptors (Lipinski definition) is 0. The van der Waals surface area contributed by atoms with E-state index >= 15 is 0 Å². The average Bonchev–Trinajstić information content (AvgIpc) is 2.25. The third kappa shape index (κ3) is 3.10. The van der Waals surface area contributed by atoms with Gasteiger partial charge in [-0.2, -0.15) is 0 Å². The smallest absolute Gasteiger partial charge is 0.0216 e. The molecular formula is C16H26. The second-order valence-electron chi connectivity index (χ2n) is 5.33. The molecule has 0 heteroatoms. The molecule has 0 fully saturated rings. The molecule has 0 aliphatic heterocycles. The van der Waals surface area contributed by atoms with Gasteiger partial charge in [0.05, 0.1) is 0 Å². The van der Waals surface area contributed by atoms with Gasteiger partial charge >= 0.3 is 0 Å². The fourth-order valence-electron chi connectivity index (χ4n) is 2.35. The van der Waals surface area contributed by atoms with Gasteiger partial charge in [0.1, 0.15) is 0 Å². The van der Waals surface area contributed by atoms with Crippen LogP contribution in [0.4, 0.5) is 0 Å². The molecule has 0 atom stereocenters. The standard InChI is InChI=1S/C16H26/c1-6-7-9-16-14(12(2)3)10-8-11-15(16)13(4)5/h8,10-13H,6-7,9H2,1-5H3. The van der Waals surface area contributed by atoms with E-state index in [9.17, 15) is 0 Å². The van der Waals surface area contributed by atoms with Gasteiger partial charge in [0.15, 0.2) is 0 Å². The van der Waals surface area contributed by atoms with Crippen LogP contribution in [0.2, 0.25) is 0 Å². The van der Waals surface area contributed by atoms with Crippen molar-refractivity contribution in [2.24, 2.45) is 0 Å². The molecule has 0 saturated heterocycles. The summed E-state index contributed by atoms with van der Waals surface area (Å²) in [4.78, 5) is 0. The molecule has 0 saturated carbocycles. The highest BCUT2D eigenvalue weighted by Crippen LogP contribution is 2.28. The van der Waals surface area contributed by atoms with Crippen molar-refractivity contribution in [3.8, 4) is 0 Å². The predicted molar refractivity (Wildman–Crippen MR) is 73.2 cm³/mol. The Hall–Kier alpha value is -0.780. The predicted octanol–water partition coefficient (Wildman–Crippen LogP) is 5.28. The Kier molecular flexibility index (Phi) is 5.05. The van der Waals surface area contributed by atoms with Gasteiger partial charge in [-0.25, -0.2) is 0 Å². The van der Waals surface area contributed by atoms with E-state index in [1.54, 1.807) is 16.7 Å². The number of benzene rings is 1. The van der Waals surface area contributed by atoms with Crippen molar-refractivity contribution in [2.75, 3.05) is 0 Å². The third-order valence-corrected chi connectivity index (χ3v) is 3.27. The summed E-state index contributed by atoms with van der Waals surface area (Å²) in [6, 6.07) is 6.84. The molecule has 0 radical (unpaired) electrons. The van der Waals surface area contributed by atoms with Crippen molar-refractivity contribution in [1.82, 2.24) is 0 Å². The van der Waals surface area contributed by atoms with E-state index in [1.165, 1.54) is 19.3 Å². The van der Waals surface area contributed by atoms with E-state index < -0.39 is 0 Å². The highest BCUT2D eigenvalue weighted by molar-refractivity contribution is 5.39. The van der Waals surface area contributed by atoms with Gasteiger partial charge in [-0.05, 0) is 41.4 Å². The Morgan fingerprint density at radius 3 is 1.81 bits per heavy atom. The summed E-state index contributed by atoms with van der Waals surface area (Å²) in [5.74, 6) is 1.29. The zero-order valence-electron chi connectivity index (χ0n) is 11.5. The zero-order valence-corrected chi connectivity index (χ0v) is 11.5. The minimum Gasteiger partial charge on any atom is -0.0654 e. The van der Waals surface area contributed by atoms with Crippen LogP contribution in [0.25, 0.3) is 0 Å². The van der Waals surface area contributed by atoms with Crippen molar-refractivity contribution >= 4 is 0 Å². The minimum atomic E-state index is 0.644. The Morgan fingerprint density at radius 1 is 0.938 bits per heavy atom. The van der Waals surface area contributed by atoms with Gasteiger partial charge in [-0.3, -0.25) is 0 Å². The lowest BCUT2D eigenvalue weighted by molar-refractivity contribution is 0.740. The second-order valence-corrected chi connectivity index (χ2v) is 5.33. The highest BCUT2D eigenvalue weighted by atomic mass is 14.2. The maximum Gasteiger partial charge on any atom is -0.0216 e. The van der Waals surface area contributed by atoms with E-state index in [0.717, 1.165) is 0 Å². The maximum atomic E-state index is 2.31. The second kappa shape index (κ2) is 6.08. The summed E-state index contributed by atoms with van der Waals surface area (Å²) in [5.41, 5.74) is 4.73. The Morgan fingerprint density at radius 2 is 1.44 bits per heavy atom. The largest absolute Gasteiger partial charge is 0.0654 e. The van der Waals surface area contributed by atoms with Crippen molar-refractivity contribution in [2.45, 2.75) is 65.7 Å². The Bertz CT molecular complexity index is 295. The molecular weight excluding hydrogens is 192 g/mol. The minimum absolute atomic E-state index is 0.644. The third-order valence-electron chi connectivity index (χ3n) is 3.27. The molecule has 0 nitrogen and oxygen atoms in total. The van der Waals surface area contributed by atoms with Crippen LogP contribution >= 0.6 is 0 Å². The van der Waals surface area contributed by atoms with Crippen LogP contribution in [0.5, 0.6) is 0 Å². The average molecular weight is 218 g/mol. The normalized spacial score (nSPS) is 11.4. The number of unbranched alkanes of at least 4 members (excludes halogenated alkanes) is 1. The van der Waals surface area contributed by atoms with Crippen LogP contribution in [0, 0.1) is 0 Å². The molecule has 1 aromatic rings. The van der Waals surface area contributed by atoms with Crippen LogP contribution in [-0.2, 0) is 6.42 Å². The first-order valence-corrected chi connectivity index (χ1v) is 6.69. The molecule has 0 aliphatic carbocycles. The topological polar surface area (TPSA) is 0 Å². The van der Waals surface area contributed by atoms with Crippen molar-refractivity contribution in [3.63, 3.8) is 0 Å². The lowest BCUT2D eigenvalue weighted by Crippen LogP contribution is -2.03. The van der Waals surface area contributed by atoms with E-state index in [-0.39, 0.29) is 0 Å². The fraction of sp³-hybridized carbons (Fsp3) is 0.625. The Balaban J connectivity index is 3.12. The van der Waals surface area contributed by atoms with Gasteiger partial charge in [0, 0.05) is 0 Å². The molecule has 0 aliphatic rings. The van der Waals surface area contributed by atoms with Gasteiger partial charge in [-0.1, -0.05) is 59.2 Å². The summed E-state index contributed by atoms with van der Waals surface area (Å²) in [6.45, 7) is 11.5. The molecule has 0 unspecified atom stereocenters. The van der Waals surface area contributed by atoms with E-state index in [0.29, 0.717) is 11.8 Å². The lowest BCUT2D eigenvalue weighted by atomic mass is 9.86. The molecule has 1 aromatic carbocycles. The monoisotopic (exact) mass is 218 g/mol. The maximum absolute atomic E-state index is 2.31. The zero-order chi connectivity index (χ0) is 12.1. The summed E-state index contributed by atoms with van der Waals surface area (Å²) in [6.07, 6.45) is 3.84. The fourth-order valence-corrected chi connectivity index (χ4v) is 2.35. The summed E-state index contributed by atoms with van der Waals surface area (Å²) in [5, 5.41) is 0. The molecule has 1 rings (SSSR count). The molecule has 16 heavy (non-hydrogen) atoms. The molecule has 0 amide bonds. The summed E-state index contributed by atoms with van der Waals surface area (Å²) < 4.78 is 0. The molecule has 0 N–H and O–H groups in total. The van der Waals surface area contributed by atoms with Crippen molar-refractivity contribution < 1.29 is 0 Å². The number of rotatable bonds is 5. The Labute approximate surface area is 101 Å². The van der Waals surface area contributed by atoms with E-state index in [2.05, 4.69) is 52.8 Å². The number of hydrogen-bond donors (Lipinski definition) is 0. The summed E-state index contributed by atoms with van der Waals surface area (Å²) in [7, 11) is 0. The first-order valence-electron chi connectivity index (χ1n) is 6.69. The van der Waals surface area contributed by atoms with Gasteiger partial charge in [-0.15, -0.1) is 0 Å². The molecule has 0 heterocycles. The first kappa shape index (κ1) is 13.3.